The Morgan fingerprint density at radius 2 is 2.42 bits per heavy atom. The van der Waals surface area contributed by atoms with Crippen LogP contribution in [0.15, 0.2) is 18.7 Å². The Morgan fingerprint density at radius 3 is 3.17 bits per heavy atom. The second-order valence-electron chi connectivity index (χ2n) is 2.36. The SMILES string of the molecule is COc1cn(P)c2ncncc12. The van der Waals surface area contributed by atoms with Gasteiger partial charge in [-0.1, -0.05) is 0 Å². The van der Waals surface area contributed by atoms with Crippen molar-refractivity contribution in [1.29, 1.82) is 0 Å². The molecule has 0 saturated carbocycles. The average molecular weight is 181 g/mol. The fourth-order valence-corrected chi connectivity index (χ4v) is 1.46. The zero-order chi connectivity index (χ0) is 8.55. The summed E-state index contributed by atoms with van der Waals surface area (Å²) in [7, 11) is 4.17. The third-order valence-corrected chi connectivity index (χ3v) is 2.07. The minimum Gasteiger partial charge on any atom is -0.494 e. The molecule has 0 saturated heterocycles. The van der Waals surface area contributed by atoms with E-state index < -0.39 is 0 Å². The van der Waals surface area contributed by atoms with Gasteiger partial charge in [0, 0.05) is 6.20 Å². The van der Waals surface area contributed by atoms with Crippen molar-refractivity contribution in [2.24, 2.45) is 0 Å². The predicted molar refractivity (Wildman–Crippen MR) is 49.2 cm³/mol. The molecule has 0 N–H and O–H groups in total. The van der Waals surface area contributed by atoms with Crippen LogP contribution in [0, 0.1) is 0 Å². The number of hydrogen-bond donors (Lipinski definition) is 0. The van der Waals surface area contributed by atoms with Gasteiger partial charge < -0.3 is 9.07 Å². The molecule has 2 aromatic heterocycles. The lowest BCUT2D eigenvalue weighted by molar-refractivity contribution is 0.419. The largest absolute Gasteiger partial charge is 0.494 e. The molecule has 2 rings (SSSR count). The number of aromatic nitrogens is 3. The maximum atomic E-state index is 5.13. The van der Waals surface area contributed by atoms with E-state index in [1.807, 2.05) is 10.5 Å². The zero-order valence-corrected chi connectivity index (χ0v) is 7.71. The molecule has 0 aliphatic heterocycles. The van der Waals surface area contributed by atoms with Gasteiger partial charge in [0.15, 0.2) is 0 Å². The normalized spacial score (nSPS) is 10.5. The summed E-state index contributed by atoms with van der Waals surface area (Å²) >= 11 is 0. The first-order valence-corrected chi connectivity index (χ1v) is 3.94. The molecule has 0 aromatic carbocycles. The van der Waals surface area contributed by atoms with E-state index in [4.69, 9.17) is 4.74 Å². The van der Waals surface area contributed by atoms with Crippen molar-refractivity contribution in [3.8, 4) is 5.75 Å². The van der Waals surface area contributed by atoms with Crippen molar-refractivity contribution in [2.45, 2.75) is 0 Å². The maximum Gasteiger partial charge on any atom is 0.150 e. The summed E-state index contributed by atoms with van der Waals surface area (Å²) in [5, 5.41) is 0.926. The predicted octanol–water partition coefficient (Wildman–Crippen LogP) is 1.08. The van der Waals surface area contributed by atoms with Gasteiger partial charge in [-0.2, -0.15) is 0 Å². The Hall–Kier alpha value is -1.15. The van der Waals surface area contributed by atoms with Gasteiger partial charge in [0.1, 0.15) is 17.7 Å². The van der Waals surface area contributed by atoms with Crippen LogP contribution in [0.25, 0.3) is 11.0 Å². The molecule has 0 fully saturated rings. The summed E-state index contributed by atoms with van der Waals surface area (Å²) in [5.74, 6) is 0.792. The Bertz CT molecular complexity index is 412. The van der Waals surface area contributed by atoms with E-state index >= 15 is 0 Å². The highest BCUT2D eigenvalue weighted by Gasteiger charge is 2.06. The number of nitrogens with zero attached hydrogens (tertiary/aromatic N) is 3. The van der Waals surface area contributed by atoms with Crippen LogP contribution in [0.5, 0.6) is 5.75 Å². The number of rotatable bonds is 1. The van der Waals surface area contributed by atoms with Crippen LogP contribution >= 0.6 is 9.39 Å². The lowest BCUT2D eigenvalue weighted by Gasteiger charge is -1.92. The van der Waals surface area contributed by atoms with Crippen LogP contribution in [-0.4, -0.2) is 21.4 Å². The molecular weight excluding hydrogens is 173 g/mol. The molecule has 0 amide bonds. The van der Waals surface area contributed by atoms with Crippen LogP contribution in [-0.2, 0) is 0 Å². The first-order valence-electron chi connectivity index (χ1n) is 3.43. The summed E-state index contributed by atoms with van der Waals surface area (Å²) in [6.45, 7) is 0. The maximum absolute atomic E-state index is 5.13. The van der Waals surface area contributed by atoms with Crippen LogP contribution in [0.3, 0.4) is 0 Å². The summed E-state index contributed by atoms with van der Waals surface area (Å²) in [4.78, 5) is 8.02. The monoisotopic (exact) mass is 181 g/mol. The van der Waals surface area contributed by atoms with Crippen molar-refractivity contribution in [1.82, 2.24) is 14.3 Å². The number of fused-ring (bicyclic) bond motifs is 1. The minimum absolute atomic E-state index is 0.792. The third-order valence-electron chi connectivity index (χ3n) is 1.68. The first kappa shape index (κ1) is 7.50. The van der Waals surface area contributed by atoms with E-state index in [2.05, 4.69) is 19.4 Å². The van der Waals surface area contributed by atoms with Crippen molar-refractivity contribution >= 4 is 20.4 Å². The fraction of sp³-hybridized carbons (Fsp3) is 0.143. The van der Waals surface area contributed by atoms with Gasteiger partial charge in [-0.15, -0.1) is 0 Å². The van der Waals surface area contributed by atoms with Crippen LogP contribution in [0.2, 0.25) is 0 Å². The summed E-state index contributed by atoms with van der Waals surface area (Å²) in [5.41, 5.74) is 0.854. The molecule has 0 bridgehead atoms. The van der Waals surface area contributed by atoms with Crippen molar-refractivity contribution in [3.63, 3.8) is 0 Å². The number of methoxy groups -OCH3 is 1. The molecule has 0 aliphatic rings. The second kappa shape index (κ2) is 2.72. The van der Waals surface area contributed by atoms with Crippen LogP contribution < -0.4 is 4.74 Å². The molecule has 0 radical (unpaired) electrons. The Kier molecular flexibility index (Phi) is 1.70. The molecular formula is C7H8N3OP. The Morgan fingerprint density at radius 1 is 1.58 bits per heavy atom. The van der Waals surface area contributed by atoms with Gasteiger partial charge in [0.25, 0.3) is 0 Å². The van der Waals surface area contributed by atoms with E-state index in [1.165, 1.54) is 6.33 Å². The fourth-order valence-electron chi connectivity index (χ4n) is 1.12. The van der Waals surface area contributed by atoms with E-state index in [0.717, 1.165) is 16.8 Å². The number of hydrogen-bond acceptors (Lipinski definition) is 3. The van der Waals surface area contributed by atoms with Crippen LogP contribution in [0.1, 0.15) is 0 Å². The lowest BCUT2D eigenvalue weighted by atomic mass is 10.4. The quantitative estimate of drug-likeness (QED) is 0.618. The molecule has 12 heavy (non-hydrogen) atoms. The molecule has 0 spiro atoms. The second-order valence-corrected chi connectivity index (χ2v) is 2.92. The first-order chi connectivity index (χ1) is 5.83. The van der Waals surface area contributed by atoms with Gasteiger partial charge in [0.2, 0.25) is 0 Å². The lowest BCUT2D eigenvalue weighted by Crippen LogP contribution is -1.82. The highest BCUT2D eigenvalue weighted by Crippen LogP contribution is 2.26. The van der Waals surface area contributed by atoms with Gasteiger partial charge in [-0.3, -0.25) is 0 Å². The van der Waals surface area contributed by atoms with E-state index in [9.17, 15) is 0 Å². The van der Waals surface area contributed by atoms with Gasteiger partial charge in [-0.25, -0.2) is 9.97 Å². The molecule has 4 nitrogen and oxygen atoms in total. The topological polar surface area (TPSA) is 39.9 Å². The number of ether oxygens (including phenoxy) is 1. The van der Waals surface area contributed by atoms with Gasteiger partial charge >= 0.3 is 0 Å². The third kappa shape index (κ3) is 0.959. The molecule has 1 unspecified atom stereocenters. The van der Waals surface area contributed by atoms with Crippen molar-refractivity contribution in [2.75, 3.05) is 7.11 Å². The molecule has 1 atom stereocenters. The van der Waals surface area contributed by atoms with Crippen molar-refractivity contribution in [3.05, 3.63) is 18.7 Å². The summed E-state index contributed by atoms with van der Waals surface area (Å²) in [6, 6.07) is 0. The standard InChI is InChI=1S/C7H8N3OP/c1-11-6-3-10(12)7-5(6)2-8-4-9-7/h2-4H,12H2,1H3. The summed E-state index contributed by atoms with van der Waals surface area (Å²) < 4.78 is 6.96. The van der Waals surface area contributed by atoms with Gasteiger partial charge in [0.05, 0.1) is 18.7 Å². The average Bonchev–Trinajstić information content (AvgIpc) is 2.44. The molecule has 0 aliphatic carbocycles. The minimum atomic E-state index is 0.792. The Balaban J connectivity index is 2.82. The highest BCUT2D eigenvalue weighted by molar-refractivity contribution is 7.14. The molecule has 2 aromatic rings. The molecule has 62 valence electrons. The summed E-state index contributed by atoms with van der Waals surface area (Å²) in [6.07, 6.45) is 5.11. The zero-order valence-electron chi connectivity index (χ0n) is 6.56. The highest BCUT2D eigenvalue weighted by atomic mass is 31.0. The van der Waals surface area contributed by atoms with Gasteiger partial charge in [-0.05, 0) is 9.39 Å². The van der Waals surface area contributed by atoms with E-state index in [1.54, 1.807) is 13.3 Å². The smallest absolute Gasteiger partial charge is 0.150 e. The van der Waals surface area contributed by atoms with E-state index in [0.29, 0.717) is 0 Å². The van der Waals surface area contributed by atoms with Crippen LogP contribution in [0.4, 0.5) is 0 Å². The Labute approximate surface area is 71.8 Å². The molecule has 2 heterocycles. The molecule has 5 heteroatoms. The van der Waals surface area contributed by atoms with E-state index in [-0.39, 0.29) is 0 Å². The van der Waals surface area contributed by atoms with Crippen molar-refractivity contribution < 1.29 is 4.74 Å².